The Morgan fingerprint density at radius 3 is 2.60 bits per heavy atom. The highest BCUT2D eigenvalue weighted by Gasteiger charge is 2.06. The number of hydrogen-bond acceptors (Lipinski definition) is 2. The van der Waals surface area contributed by atoms with E-state index in [0.717, 1.165) is 28.4 Å². The lowest BCUT2D eigenvalue weighted by Gasteiger charge is -2.12. The van der Waals surface area contributed by atoms with Gasteiger partial charge in [-0.15, -0.1) is 0 Å². The van der Waals surface area contributed by atoms with Gasteiger partial charge in [-0.2, -0.15) is 0 Å². The minimum atomic E-state index is 0.165. The minimum absolute atomic E-state index is 0.165. The van der Waals surface area contributed by atoms with Crippen molar-refractivity contribution in [2.45, 2.75) is 26.5 Å². The zero-order valence-electron chi connectivity index (χ0n) is 12.1. The average molecular weight is 290 g/mol. The molecule has 0 amide bonds. The first-order chi connectivity index (χ1) is 9.60. The molecule has 0 atom stereocenters. The van der Waals surface area contributed by atoms with Gasteiger partial charge in [0.15, 0.2) is 0 Å². The second-order valence-corrected chi connectivity index (χ2v) is 5.45. The van der Waals surface area contributed by atoms with Crippen molar-refractivity contribution in [3.05, 3.63) is 53.1 Å². The van der Waals surface area contributed by atoms with Gasteiger partial charge < -0.3 is 10.1 Å². The highest BCUT2D eigenvalue weighted by atomic mass is 35.5. The number of benzene rings is 2. The van der Waals surface area contributed by atoms with E-state index in [1.165, 1.54) is 5.56 Å². The van der Waals surface area contributed by atoms with Crippen LogP contribution in [-0.2, 0) is 6.54 Å². The Morgan fingerprint density at radius 2 is 1.95 bits per heavy atom. The van der Waals surface area contributed by atoms with E-state index in [1.54, 1.807) is 0 Å². The van der Waals surface area contributed by atoms with Crippen molar-refractivity contribution in [3.8, 4) is 16.9 Å². The highest BCUT2D eigenvalue weighted by molar-refractivity contribution is 6.33. The summed E-state index contributed by atoms with van der Waals surface area (Å²) < 4.78 is 5.73. The Bertz CT molecular complexity index is 581. The zero-order chi connectivity index (χ0) is 14.5. The molecular weight excluding hydrogens is 270 g/mol. The van der Waals surface area contributed by atoms with E-state index in [2.05, 4.69) is 17.4 Å². The molecule has 0 aliphatic rings. The molecule has 0 spiro atoms. The van der Waals surface area contributed by atoms with E-state index < -0.39 is 0 Å². The predicted octanol–water partition coefficient (Wildman–Crippen LogP) is 4.51. The molecule has 0 saturated carbocycles. The number of hydrogen-bond donors (Lipinski definition) is 1. The molecule has 1 N–H and O–H groups in total. The smallest absolute Gasteiger partial charge is 0.120 e. The molecule has 2 nitrogen and oxygen atoms in total. The van der Waals surface area contributed by atoms with Crippen LogP contribution >= 0.6 is 11.6 Å². The van der Waals surface area contributed by atoms with Gasteiger partial charge >= 0.3 is 0 Å². The van der Waals surface area contributed by atoms with Crippen LogP contribution in [-0.4, -0.2) is 13.2 Å². The normalized spacial score (nSPS) is 10.8. The van der Waals surface area contributed by atoms with E-state index in [9.17, 15) is 0 Å². The molecule has 20 heavy (non-hydrogen) atoms. The molecule has 0 unspecified atom stereocenters. The zero-order valence-corrected chi connectivity index (χ0v) is 12.9. The van der Waals surface area contributed by atoms with Crippen molar-refractivity contribution in [1.82, 2.24) is 5.32 Å². The Balaban J connectivity index is 2.31. The van der Waals surface area contributed by atoms with Crippen molar-refractivity contribution in [2.24, 2.45) is 0 Å². The fourth-order valence-electron chi connectivity index (χ4n) is 2.12. The summed E-state index contributed by atoms with van der Waals surface area (Å²) in [5.74, 6) is 0.868. The average Bonchev–Trinajstić information content (AvgIpc) is 2.38. The second-order valence-electron chi connectivity index (χ2n) is 5.04. The van der Waals surface area contributed by atoms with Crippen molar-refractivity contribution >= 4 is 11.6 Å². The van der Waals surface area contributed by atoms with E-state index in [-0.39, 0.29) is 6.10 Å². The number of rotatable bonds is 5. The van der Waals surface area contributed by atoms with E-state index >= 15 is 0 Å². The Hall–Kier alpha value is -1.51. The summed E-state index contributed by atoms with van der Waals surface area (Å²) in [6.45, 7) is 4.86. The van der Waals surface area contributed by atoms with Crippen molar-refractivity contribution in [3.63, 3.8) is 0 Å². The molecule has 0 bridgehead atoms. The summed E-state index contributed by atoms with van der Waals surface area (Å²) in [4.78, 5) is 0. The van der Waals surface area contributed by atoms with Gasteiger partial charge in [-0.05, 0) is 50.2 Å². The maximum absolute atomic E-state index is 6.39. The molecule has 0 radical (unpaired) electrons. The maximum atomic E-state index is 6.39. The highest BCUT2D eigenvalue weighted by Crippen LogP contribution is 2.31. The molecule has 0 fully saturated rings. The largest absolute Gasteiger partial charge is 0.491 e. The molecular formula is C17H20ClNO. The van der Waals surface area contributed by atoms with Gasteiger partial charge in [-0.25, -0.2) is 0 Å². The maximum Gasteiger partial charge on any atom is 0.120 e. The first-order valence-electron chi connectivity index (χ1n) is 6.80. The molecule has 0 aromatic heterocycles. The van der Waals surface area contributed by atoms with Gasteiger partial charge in [-0.1, -0.05) is 35.9 Å². The van der Waals surface area contributed by atoms with Crippen LogP contribution in [0.5, 0.6) is 5.75 Å². The third-order valence-corrected chi connectivity index (χ3v) is 3.24. The summed E-state index contributed by atoms with van der Waals surface area (Å²) in [6, 6.07) is 14.2. The van der Waals surface area contributed by atoms with Gasteiger partial charge in [0.05, 0.1) is 6.10 Å². The lowest BCUT2D eigenvalue weighted by Crippen LogP contribution is -2.05. The van der Waals surface area contributed by atoms with E-state index in [4.69, 9.17) is 16.3 Å². The fraction of sp³-hybridized carbons (Fsp3) is 0.294. The standard InChI is InChI=1S/C17H20ClNO/c1-12(2)20-15-6-4-5-14(10-15)16-8-7-13(11-19-3)9-17(16)18/h4-10,12,19H,11H2,1-3H3. The summed E-state index contributed by atoms with van der Waals surface area (Å²) in [5.41, 5.74) is 3.28. The van der Waals surface area contributed by atoms with E-state index in [1.807, 2.05) is 51.2 Å². The topological polar surface area (TPSA) is 21.3 Å². The third kappa shape index (κ3) is 3.75. The number of halogens is 1. The quantitative estimate of drug-likeness (QED) is 0.874. The molecule has 106 valence electrons. The summed E-state index contributed by atoms with van der Waals surface area (Å²) in [6.07, 6.45) is 0.165. The summed E-state index contributed by atoms with van der Waals surface area (Å²) >= 11 is 6.39. The molecule has 0 heterocycles. The van der Waals surface area contributed by atoms with Crippen LogP contribution in [0.2, 0.25) is 5.02 Å². The van der Waals surface area contributed by atoms with Gasteiger partial charge in [0.25, 0.3) is 0 Å². The van der Waals surface area contributed by atoms with Gasteiger partial charge in [0, 0.05) is 17.1 Å². The van der Waals surface area contributed by atoms with Crippen LogP contribution in [0.1, 0.15) is 19.4 Å². The van der Waals surface area contributed by atoms with Crippen LogP contribution in [0.25, 0.3) is 11.1 Å². The Labute approximate surface area is 125 Å². The van der Waals surface area contributed by atoms with Crippen molar-refractivity contribution in [2.75, 3.05) is 7.05 Å². The molecule has 2 aromatic carbocycles. The Kier molecular flexibility index (Phi) is 5.05. The Morgan fingerprint density at radius 1 is 1.15 bits per heavy atom. The van der Waals surface area contributed by atoms with Crippen molar-refractivity contribution in [1.29, 1.82) is 0 Å². The first-order valence-corrected chi connectivity index (χ1v) is 7.18. The predicted molar refractivity (Wildman–Crippen MR) is 85.4 cm³/mol. The number of nitrogens with one attached hydrogen (secondary N) is 1. The molecule has 0 saturated heterocycles. The molecule has 2 aromatic rings. The molecule has 3 heteroatoms. The van der Waals surface area contributed by atoms with Crippen molar-refractivity contribution < 1.29 is 4.74 Å². The van der Waals surface area contributed by atoms with Crippen LogP contribution in [0.4, 0.5) is 0 Å². The molecule has 0 aliphatic heterocycles. The van der Waals surface area contributed by atoms with Gasteiger partial charge in [0.2, 0.25) is 0 Å². The van der Waals surface area contributed by atoms with E-state index in [0.29, 0.717) is 0 Å². The third-order valence-electron chi connectivity index (χ3n) is 2.93. The minimum Gasteiger partial charge on any atom is -0.491 e. The SMILES string of the molecule is CNCc1ccc(-c2cccc(OC(C)C)c2)c(Cl)c1. The van der Waals surface area contributed by atoms with Crippen LogP contribution in [0.3, 0.4) is 0 Å². The van der Waals surface area contributed by atoms with Gasteiger partial charge in [-0.3, -0.25) is 0 Å². The number of ether oxygens (including phenoxy) is 1. The monoisotopic (exact) mass is 289 g/mol. The van der Waals surface area contributed by atoms with Crippen LogP contribution in [0.15, 0.2) is 42.5 Å². The fourth-order valence-corrected chi connectivity index (χ4v) is 2.43. The first kappa shape index (κ1) is 14.9. The van der Waals surface area contributed by atoms with Gasteiger partial charge in [0.1, 0.15) is 5.75 Å². The molecule has 0 aliphatic carbocycles. The van der Waals surface area contributed by atoms with Crippen LogP contribution < -0.4 is 10.1 Å². The second kappa shape index (κ2) is 6.78. The van der Waals surface area contributed by atoms with Crippen LogP contribution in [0, 0.1) is 0 Å². The lowest BCUT2D eigenvalue weighted by molar-refractivity contribution is 0.242. The summed E-state index contributed by atoms with van der Waals surface area (Å²) in [7, 11) is 1.93. The summed E-state index contributed by atoms with van der Waals surface area (Å²) in [5, 5.41) is 3.89. The molecule has 2 rings (SSSR count). The lowest BCUT2D eigenvalue weighted by atomic mass is 10.0.